The Hall–Kier alpha value is -1.33. The minimum atomic E-state index is -1.27. The summed E-state index contributed by atoms with van der Waals surface area (Å²) in [6.07, 6.45) is 7.73. The molecular weight excluding hydrogens is 304 g/mol. The van der Waals surface area contributed by atoms with E-state index in [1.807, 2.05) is 24.0 Å². The molecule has 5 nitrogen and oxygen atoms in total. The highest BCUT2D eigenvalue weighted by molar-refractivity contribution is 5.86. The van der Waals surface area contributed by atoms with E-state index in [-0.39, 0.29) is 12.5 Å². The molecule has 0 bridgehead atoms. The lowest BCUT2D eigenvalue weighted by Gasteiger charge is -2.40. The number of carbonyl (C=O) groups excluding carboxylic acids is 1. The van der Waals surface area contributed by atoms with Crippen molar-refractivity contribution in [3.63, 3.8) is 0 Å². The molecule has 0 radical (unpaired) electrons. The number of furan rings is 1. The zero-order chi connectivity index (χ0) is 17.0. The second kappa shape index (κ2) is 7.70. The molecule has 1 aliphatic heterocycles. The normalized spacial score (nSPS) is 26.1. The molecule has 1 aliphatic carbocycles. The summed E-state index contributed by atoms with van der Waals surface area (Å²) < 4.78 is 5.51. The molecule has 1 unspecified atom stereocenters. The van der Waals surface area contributed by atoms with E-state index < -0.39 is 5.60 Å². The van der Waals surface area contributed by atoms with Crippen molar-refractivity contribution in [2.75, 3.05) is 19.6 Å². The molecule has 134 valence electrons. The summed E-state index contributed by atoms with van der Waals surface area (Å²) in [6, 6.07) is 3.84. The highest BCUT2D eigenvalue weighted by Crippen LogP contribution is 2.28. The fourth-order valence-electron chi connectivity index (χ4n) is 4.06. The van der Waals surface area contributed by atoms with Crippen molar-refractivity contribution in [2.24, 2.45) is 5.92 Å². The van der Waals surface area contributed by atoms with E-state index >= 15 is 0 Å². The van der Waals surface area contributed by atoms with Crippen LogP contribution in [0.3, 0.4) is 0 Å². The number of aryl methyl sites for hydroxylation is 1. The second-order valence-corrected chi connectivity index (χ2v) is 7.51. The third-order valence-electron chi connectivity index (χ3n) is 5.42. The number of likely N-dealkylation sites (tertiary alicyclic amines) is 1. The molecule has 2 heterocycles. The topological polar surface area (TPSA) is 65.7 Å². The number of aliphatic hydroxyl groups is 1. The molecule has 0 spiro atoms. The first-order valence-electron chi connectivity index (χ1n) is 9.35. The maximum absolute atomic E-state index is 12.8. The van der Waals surface area contributed by atoms with Crippen LogP contribution in [0.1, 0.15) is 56.5 Å². The van der Waals surface area contributed by atoms with Gasteiger partial charge in [-0.2, -0.15) is 0 Å². The SMILES string of the molecule is Cc1ccc(CNCC2(O)CCCN(CC3CCCCC3)C2=O)o1. The van der Waals surface area contributed by atoms with Crippen molar-refractivity contribution < 1.29 is 14.3 Å². The van der Waals surface area contributed by atoms with Crippen molar-refractivity contribution in [3.05, 3.63) is 23.7 Å². The van der Waals surface area contributed by atoms with Crippen LogP contribution < -0.4 is 5.32 Å². The fourth-order valence-corrected chi connectivity index (χ4v) is 4.06. The van der Waals surface area contributed by atoms with Gasteiger partial charge in [-0.25, -0.2) is 0 Å². The van der Waals surface area contributed by atoms with Crippen LogP contribution in [0.15, 0.2) is 16.5 Å². The maximum Gasteiger partial charge on any atom is 0.255 e. The van der Waals surface area contributed by atoms with Gasteiger partial charge in [0.15, 0.2) is 5.60 Å². The number of hydrogen-bond donors (Lipinski definition) is 2. The Morgan fingerprint density at radius 1 is 1.29 bits per heavy atom. The average molecular weight is 334 g/mol. The Bertz CT molecular complexity index is 551. The van der Waals surface area contributed by atoms with Gasteiger partial charge in [0, 0.05) is 19.6 Å². The van der Waals surface area contributed by atoms with Gasteiger partial charge in [-0.1, -0.05) is 19.3 Å². The summed E-state index contributed by atoms with van der Waals surface area (Å²) in [7, 11) is 0. The van der Waals surface area contributed by atoms with Crippen molar-refractivity contribution in [2.45, 2.75) is 64.0 Å². The van der Waals surface area contributed by atoms with Crippen molar-refractivity contribution in [1.82, 2.24) is 10.2 Å². The quantitative estimate of drug-likeness (QED) is 0.839. The lowest BCUT2D eigenvalue weighted by atomic mass is 9.86. The van der Waals surface area contributed by atoms with Gasteiger partial charge in [0.05, 0.1) is 6.54 Å². The smallest absolute Gasteiger partial charge is 0.255 e. The Balaban J connectivity index is 1.52. The van der Waals surface area contributed by atoms with Crippen LogP contribution >= 0.6 is 0 Å². The molecule has 5 heteroatoms. The zero-order valence-electron chi connectivity index (χ0n) is 14.7. The molecule has 0 aromatic carbocycles. The number of piperidine rings is 1. The summed E-state index contributed by atoms with van der Waals surface area (Å²) in [5.74, 6) is 2.22. The standard InChI is InChI=1S/C19H30N2O3/c1-15-8-9-17(24-15)12-20-14-19(23)10-5-11-21(18(19)22)13-16-6-3-2-4-7-16/h8-9,16,20,23H,2-7,10-14H2,1H3. The van der Waals surface area contributed by atoms with Gasteiger partial charge in [0.25, 0.3) is 5.91 Å². The Kier molecular flexibility index (Phi) is 5.61. The van der Waals surface area contributed by atoms with Gasteiger partial charge in [-0.3, -0.25) is 4.79 Å². The molecular formula is C19H30N2O3. The zero-order valence-corrected chi connectivity index (χ0v) is 14.7. The summed E-state index contributed by atoms with van der Waals surface area (Å²) in [5.41, 5.74) is -1.27. The third kappa shape index (κ3) is 4.19. The largest absolute Gasteiger partial charge is 0.465 e. The average Bonchev–Trinajstić information content (AvgIpc) is 2.98. The Morgan fingerprint density at radius 2 is 2.08 bits per heavy atom. The number of carbonyl (C=O) groups is 1. The second-order valence-electron chi connectivity index (χ2n) is 7.51. The fraction of sp³-hybridized carbons (Fsp3) is 0.737. The minimum Gasteiger partial charge on any atom is -0.465 e. The molecule has 1 amide bonds. The number of nitrogens with zero attached hydrogens (tertiary/aromatic N) is 1. The van der Waals surface area contributed by atoms with Gasteiger partial charge in [-0.05, 0) is 50.7 Å². The first-order chi connectivity index (χ1) is 11.6. The molecule has 1 atom stereocenters. The van der Waals surface area contributed by atoms with Crippen LogP contribution in [0.5, 0.6) is 0 Å². The summed E-state index contributed by atoms with van der Waals surface area (Å²) in [6.45, 7) is 4.33. The van der Waals surface area contributed by atoms with E-state index in [0.717, 1.165) is 31.0 Å². The third-order valence-corrected chi connectivity index (χ3v) is 5.42. The Labute approximate surface area is 144 Å². The molecule has 1 aromatic heterocycles. The van der Waals surface area contributed by atoms with E-state index in [2.05, 4.69) is 5.32 Å². The van der Waals surface area contributed by atoms with Crippen molar-refractivity contribution in [3.8, 4) is 0 Å². The van der Waals surface area contributed by atoms with E-state index in [0.29, 0.717) is 18.9 Å². The maximum atomic E-state index is 12.8. The van der Waals surface area contributed by atoms with Gasteiger partial charge in [-0.15, -0.1) is 0 Å². The summed E-state index contributed by atoms with van der Waals surface area (Å²) >= 11 is 0. The van der Waals surface area contributed by atoms with Gasteiger partial charge >= 0.3 is 0 Å². The number of nitrogens with one attached hydrogen (secondary N) is 1. The van der Waals surface area contributed by atoms with Gasteiger partial charge in [0.2, 0.25) is 0 Å². The number of hydrogen-bond acceptors (Lipinski definition) is 4. The highest BCUT2D eigenvalue weighted by atomic mass is 16.3. The van der Waals surface area contributed by atoms with Crippen LogP contribution in [0.2, 0.25) is 0 Å². The van der Waals surface area contributed by atoms with Gasteiger partial charge in [0.1, 0.15) is 11.5 Å². The van der Waals surface area contributed by atoms with Crippen LogP contribution in [-0.2, 0) is 11.3 Å². The van der Waals surface area contributed by atoms with Crippen LogP contribution in [0.4, 0.5) is 0 Å². The first kappa shape index (κ1) is 17.5. The summed E-state index contributed by atoms with van der Waals surface area (Å²) in [4.78, 5) is 14.7. The van der Waals surface area contributed by atoms with Crippen LogP contribution in [0, 0.1) is 12.8 Å². The number of amides is 1. The van der Waals surface area contributed by atoms with E-state index in [9.17, 15) is 9.90 Å². The molecule has 1 saturated carbocycles. The van der Waals surface area contributed by atoms with Crippen molar-refractivity contribution >= 4 is 5.91 Å². The van der Waals surface area contributed by atoms with E-state index in [1.54, 1.807) is 0 Å². The molecule has 1 aromatic rings. The van der Waals surface area contributed by atoms with Crippen LogP contribution in [-0.4, -0.2) is 41.1 Å². The monoisotopic (exact) mass is 334 g/mol. The Morgan fingerprint density at radius 3 is 2.79 bits per heavy atom. The first-order valence-corrected chi connectivity index (χ1v) is 9.35. The minimum absolute atomic E-state index is 0.0950. The van der Waals surface area contributed by atoms with E-state index in [1.165, 1.54) is 32.1 Å². The highest BCUT2D eigenvalue weighted by Gasteiger charge is 2.42. The molecule has 1 saturated heterocycles. The molecule has 2 fully saturated rings. The molecule has 3 rings (SSSR count). The van der Waals surface area contributed by atoms with Gasteiger partial charge < -0.3 is 19.7 Å². The van der Waals surface area contributed by atoms with Crippen LogP contribution in [0.25, 0.3) is 0 Å². The predicted molar refractivity (Wildman–Crippen MR) is 92.5 cm³/mol. The molecule has 2 aliphatic rings. The predicted octanol–water partition coefficient (Wildman–Crippen LogP) is 2.61. The van der Waals surface area contributed by atoms with Crippen molar-refractivity contribution in [1.29, 1.82) is 0 Å². The molecule has 2 N–H and O–H groups in total. The lowest BCUT2D eigenvalue weighted by molar-refractivity contribution is -0.157. The number of rotatable bonds is 6. The van der Waals surface area contributed by atoms with E-state index in [4.69, 9.17) is 4.42 Å². The summed E-state index contributed by atoms with van der Waals surface area (Å²) in [5, 5.41) is 14.0. The lowest BCUT2D eigenvalue weighted by Crippen LogP contribution is -2.58. The molecule has 24 heavy (non-hydrogen) atoms.